The molecule has 28 heavy (non-hydrogen) atoms. The van der Waals surface area contributed by atoms with Crippen LogP contribution in [-0.4, -0.2) is 34.6 Å². The normalized spacial score (nSPS) is 12.5. The molecule has 0 radical (unpaired) electrons. The van der Waals surface area contributed by atoms with Crippen LogP contribution in [0, 0.1) is 0 Å². The Balaban J connectivity index is 2.79. The first-order valence-electron chi connectivity index (χ1n) is 9.17. The highest BCUT2D eigenvalue weighted by molar-refractivity contribution is 8.02. The molecule has 2 N–H and O–H groups in total. The summed E-state index contributed by atoms with van der Waals surface area (Å²) in [6, 6.07) is 3.74. The average molecular weight is 438 g/mol. The molecule has 0 saturated carbocycles. The number of aromatic amines is 1. The molecule has 3 nitrogen and oxygen atoms in total. The number of carbonyl (C=O) groups excluding carboxylic acids is 1. The molecule has 1 aromatic carbocycles. The number of carbonyl (C=O) groups is 1. The molecule has 2 aromatic rings. The van der Waals surface area contributed by atoms with Crippen molar-refractivity contribution in [1.82, 2.24) is 4.98 Å². The lowest BCUT2D eigenvalue weighted by atomic mass is 9.78. The summed E-state index contributed by atoms with van der Waals surface area (Å²) in [6.07, 6.45) is 6.00. The average Bonchev–Trinajstić information content (AvgIpc) is 2.96. The Morgan fingerprint density at radius 3 is 1.68 bits per heavy atom. The van der Waals surface area contributed by atoms with Crippen LogP contribution in [0.5, 0.6) is 5.75 Å². The molecule has 0 aliphatic heterocycles. The van der Waals surface area contributed by atoms with Crippen molar-refractivity contribution in [2.75, 3.05) is 18.8 Å². The molecule has 0 fully saturated rings. The van der Waals surface area contributed by atoms with Crippen molar-refractivity contribution in [2.45, 2.75) is 67.3 Å². The third kappa shape index (κ3) is 4.44. The summed E-state index contributed by atoms with van der Waals surface area (Å²) in [5.74, 6) is 0.298. The number of hydrogen-bond donors (Lipinski definition) is 2. The summed E-state index contributed by atoms with van der Waals surface area (Å²) < 4.78 is 0. The van der Waals surface area contributed by atoms with E-state index in [0.717, 1.165) is 31.6 Å². The van der Waals surface area contributed by atoms with Crippen LogP contribution in [0.15, 0.2) is 27.1 Å². The van der Waals surface area contributed by atoms with Crippen LogP contribution in [-0.2, 0) is 10.8 Å². The molecule has 0 aliphatic rings. The number of H-pyrrole nitrogens is 1. The molecule has 154 valence electrons. The van der Waals surface area contributed by atoms with E-state index in [-0.39, 0.29) is 16.6 Å². The predicted molar refractivity (Wildman–Crippen MR) is 125 cm³/mol. The van der Waals surface area contributed by atoms with E-state index < -0.39 is 0 Å². The summed E-state index contributed by atoms with van der Waals surface area (Å²) in [7, 11) is 0. The highest BCUT2D eigenvalue weighted by Gasteiger charge is 2.30. The van der Waals surface area contributed by atoms with Crippen molar-refractivity contribution >= 4 is 41.1 Å². The SMILES string of the molecule is CSc1[nH]c(SC)c(C(=O)c2cc(C(C)(C)C)c(O)c(C(C)(C)C)c2)c1SC. The maximum Gasteiger partial charge on any atom is 0.196 e. The fourth-order valence-electron chi connectivity index (χ4n) is 3.19. The number of hydrogen-bond acceptors (Lipinski definition) is 5. The Labute approximate surface area is 181 Å². The van der Waals surface area contributed by atoms with Gasteiger partial charge in [-0.25, -0.2) is 0 Å². The van der Waals surface area contributed by atoms with Crippen molar-refractivity contribution in [3.8, 4) is 5.75 Å². The summed E-state index contributed by atoms with van der Waals surface area (Å²) in [6.45, 7) is 12.4. The zero-order valence-corrected chi connectivity index (χ0v) is 20.7. The number of aromatic nitrogens is 1. The van der Waals surface area contributed by atoms with Gasteiger partial charge in [-0.1, -0.05) is 41.5 Å². The molecule has 6 heteroatoms. The lowest BCUT2D eigenvalue weighted by Crippen LogP contribution is -2.19. The van der Waals surface area contributed by atoms with Gasteiger partial charge in [0.25, 0.3) is 0 Å². The summed E-state index contributed by atoms with van der Waals surface area (Å²) in [5, 5.41) is 12.9. The first-order valence-corrected chi connectivity index (χ1v) is 12.8. The summed E-state index contributed by atoms with van der Waals surface area (Å²) in [5.41, 5.74) is 2.43. The van der Waals surface area contributed by atoms with Crippen molar-refractivity contribution in [1.29, 1.82) is 0 Å². The molecule has 1 aromatic heterocycles. The second-order valence-electron chi connectivity index (χ2n) is 8.85. The lowest BCUT2D eigenvalue weighted by molar-refractivity contribution is 0.103. The van der Waals surface area contributed by atoms with Crippen LogP contribution >= 0.6 is 35.3 Å². The van der Waals surface area contributed by atoms with Gasteiger partial charge in [0.15, 0.2) is 5.78 Å². The summed E-state index contributed by atoms with van der Waals surface area (Å²) >= 11 is 4.77. The second kappa shape index (κ2) is 8.41. The van der Waals surface area contributed by atoms with E-state index >= 15 is 0 Å². The van der Waals surface area contributed by atoms with E-state index in [1.165, 1.54) is 0 Å². The number of nitrogens with one attached hydrogen (secondary N) is 1. The molecule has 0 spiro atoms. The molecule has 0 unspecified atom stereocenters. The largest absolute Gasteiger partial charge is 0.507 e. The van der Waals surface area contributed by atoms with Crippen LogP contribution in [0.4, 0.5) is 0 Å². The van der Waals surface area contributed by atoms with Gasteiger partial charge in [0.05, 0.1) is 20.5 Å². The molecule has 1 heterocycles. The topological polar surface area (TPSA) is 53.1 Å². The minimum atomic E-state index is -0.270. The van der Waals surface area contributed by atoms with E-state index in [9.17, 15) is 9.90 Å². The van der Waals surface area contributed by atoms with E-state index in [2.05, 4.69) is 46.5 Å². The Hall–Kier alpha value is -0.980. The molecule has 2 rings (SSSR count). The van der Waals surface area contributed by atoms with Crippen LogP contribution in [0.25, 0.3) is 0 Å². The van der Waals surface area contributed by atoms with Gasteiger partial charge in [-0.15, -0.1) is 35.3 Å². The van der Waals surface area contributed by atoms with Gasteiger partial charge >= 0.3 is 0 Å². The predicted octanol–water partition coefficient (Wildman–Crippen LogP) is 6.71. The van der Waals surface area contributed by atoms with Crippen molar-refractivity contribution in [3.63, 3.8) is 0 Å². The second-order valence-corrected chi connectivity index (χ2v) is 11.3. The first kappa shape index (κ1) is 23.3. The van der Waals surface area contributed by atoms with Crippen molar-refractivity contribution < 1.29 is 9.90 Å². The Morgan fingerprint density at radius 2 is 1.32 bits per heavy atom. The molecule has 0 amide bonds. The first-order chi connectivity index (χ1) is 12.9. The number of thioether (sulfide) groups is 3. The van der Waals surface area contributed by atoms with Crippen LogP contribution in [0.3, 0.4) is 0 Å². The third-order valence-electron chi connectivity index (χ3n) is 4.71. The van der Waals surface area contributed by atoms with E-state index in [1.807, 2.05) is 30.9 Å². The number of aromatic hydroxyl groups is 1. The number of phenols is 1. The van der Waals surface area contributed by atoms with Gasteiger partial charge in [-0.2, -0.15) is 0 Å². The van der Waals surface area contributed by atoms with E-state index in [1.54, 1.807) is 35.3 Å². The smallest absolute Gasteiger partial charge is 0.196 e. The fraction of sp³-hybridized carbons (Fsp3) is 0.500. The van der Waals surface area contributed by atoms with Gasteiger partial charge in [-0.05, 0) is 41.7 Å². The monoisotopic (exact) mass is 437 g/mol. The standard InChI is InChI=1S/C22H31NO2S3/c1-21(2,3)13-10-12(11-14(17(13)25)22(4,5)6)16(24)15-18(26-7)20(28-9)23-19(15)27-8/h10-11,23,25H,1-9H3. The minimum absolute atomic E-state index is 0.00116. The molecule has 0 bridgehead atoms. The number of benzene rings is 1. The number of phenolic OH excluding ortho intramolecular Hbond substituents is 1. The Bertz CT molecular complexity index is 851. The van der Waals surface area contributed by atoms with Crippen LogP contribution in [0.1, 0.15) is 68.6 Å². The molecule has 0 aliphatic carbocycles. The van der Waals surface area contributed by atoms with Crippen molar-refractivity contribution in [3.05, 3.63) is 34.4 Å². The highest BCUT2D eigenvalue weighted by Crippen LogP contribution is 2.42. The minimum Gasteiger partial charge on any atom is -0.507 e. The van der Waals surface area contributed by atoms with Gasteiger partial charge in [0, 0.05) is 16.7 Å². The molecule has 0 atom stereocenters. The number of rotatable bonds is 5. The molecular formula is C22H31NO2S3. The fourth-order valence-corrected chi connectivity index (χ4v) is 5.55. The Morgan fingerprint density at radius 1 is 0.857 bits per heavy atom. The van der Waals surface area contributed by atoms with Gasteiger partial charge < -0.3 is 10.1 Å². The summed E-state index contributed by atoms with van der Waals surface area (Å²) in [4.78, 5) is 18.0. The van der Waals surface area contributed by atoms with Gasteiger partial charge in [-0.3, -0.25) is 4.79 Å². The van der Waals surface area contributed by atoms with Crippen LogP contribution in [0.2, 0.25) is 0 Å². The zero-order valence-electron chi connectivity index (χ0n) is 18.2. The molecular weight excluding hydrogens is 406 g/mol. The molecule has 0 saturated heterocycles. The van der Waals surface area contributed by atoms with E-state index in [0.29, 0.717) is 11.3 Å². The highest BCUT2D eigenvalue weighted by atomic mass is 32.2. The van der Waals surface area contributed by atoms with Gasteiger partial charge in [0.2, 0.25) is 0 Å². The van der Waals surface area contributed by atoms with Crippen molar-refractivity contribution in [2.24, 2.45) is 0 Å². The number of ketones is 1. The van der Waals surface area contributed by atoms with Crippen LogP contribution < -0.4 is 0 Å². The van der Waals surface area contributed by atoms with E-state index in [4.69, 9.17) is 0 Å². The zero-order chi connectivity index (χ0) is 21.4. The third-order valence-corrected chi connectivity index (χ3v) is 7.09. The maximum absolute atomic E-state index is 13.7. The Kier molecular flexibility index (Phi) is 6.99. The quantitative estimate of drug-likeness (QED) is 0.402. The maximum atomic E-state index is 13.7. The van der Waals surface area contributed by atoms with Gasteiger partial charge in [0.1, 0.15) is 5.75 Å². The lowest BCUT2D eigenvalue weighted by Gasteiger charge is -2.28.